The van der Waals surface area contributed by atoms with Gasteiger partial charge in [0.25, 0.3) is 5.91 Å². The first-order valence-corrected chi connectivity index (χ1v) is 7.72. The number of carbonyl (C=O) groups is 4. The lowest BCUT2D eigenvalue weighted by atomic mass is 10.1. The van der Waals surface area contributed by atoms with Crippen molar-refractivity contribution in [2.24, 2.45) is 0 Å². The molecule has 22 heavy (non-hydrogen) atoms. The topological polar surface area (TPSA) is 98.8 Å². The second-order valence-electron chi connectivity index (χ2n) is 5.93. The molecule has 0 aliphatic carbocycles. The zero-order valence-electron chi connectivity index (χ0n) is 12.3. The Bertz CT molecular complexity index is 515. The first-order valence-electron chi connectivity index (χ1n) is 7.72. The van der Waals surface area contributed by atoms with E-state index in [1.807, 2.05) is 0 Å². The Labute approximate surface area is 128 Å². The number of hydrogen-bond acceptors (Lipinski definition) is 5. The van der Waals surface area contributed by atoms with E-state index in [2.05, 4.69) is 10.6 Å². The quantitative estimate of drug-likeness (QED) is 0.587. The van der Waals surface area contributed by atoms with Crippen molar-refractivity contribution in [2.45, 2.75) is 37.8 Å². The fourth-order valence-electron chi connectivity index (χ4n) is 3.32. The summed E-state index contributed by atoms with van der Waals surface area (Å²) in [5, 5.41) is 5.55. The average molecular weight is 308 g/mol. The van der Waals surface area contributed by atoms with Crippen molar-refractivity contribution in [1.82, 2.24) is 20.4 Å². The van der Waals surface area contributed by atoms with Gasteiger partial charge < -0.3 is 15.5 Å². The number of amides is 4. The number of likely N-dealkylation sites (tertiary alicyclic amines) is 1. The minimum atomic E-state index is -0.621. The van der Waals surface area contributed by atoms with Crippen LogP contribution in [0.15, 0.2) is 0 Å². The number of hydrogen-bond donors (Lipinski definition) is 2. The Hall–Kier alpha value is -1.96. The van der Waals surface area contributed by atoms with E-state index in [9.17, 15) is 19.2 Å². The Kier molecular flexibility index (Phi) is 4.10. The van der Waals surface area contributed by atoms with Gasteiger partial charge in [0.05, 0.1) is 12.6 Å². The van der Waals surface area contributed by atoms with Crippen LogP contribution in [0.1, 0.15) is 25.7 Å². The maximum absolute atomic E-state index is 12.6. The average Bonchev–Trinajstić information content (AvgIpc) is 3.19. The molecule has 4 amide bonds. The van der Waals surface area contributed by atoms with E-state index in [0.29, 0.717) is 13.0 Å². The molecule has 0 radical (unpaired) electrons. The van der Waals surface area contributed by atoms with E-state index < -0.39 is 17.9 Å². The van der Waals surface area contributed by atoms with Crippen LogP contribution in [0, 0.1) is 0 Å². The van der Waals surface area contributed by atoms with Crippen LogP contribution < -0.4 is 10.6 Å². The molecule has 120 valence electrons. The molecule has 0 unspecified atom stereocenters. The highest BCUT2D eigenvalue weighted by Crippen LogP contribution is 2.22. The molecule has 0 aromatic carbocycles. The van der Waals surface area contributed by atoms with Crippen LogP contribution in [-0.4, -0.2) is 71.7 Å². The smallest absolute Gasteiger partial charge is 0.252 e. The molecule has 3 rings (SSSR count). The first kappa shape index (κ1) is 15.0. The van der Waals surface area contributed by atoms with E-state index in [1.165, 1.54) is 0 Å². The molecule has 3 saturated heterocycles. The van der Waals surface area contributed by atoms with Gasteiger partial charge in [-0.2, -0.15) is 0 Å². The lowest BCUT2D eigenvalue weighted by Crippen LogP contribution is -2.59. The molecule has 0 spiro atoms. The molecule has 8 nitrogen and oxygen atoms in total. The van der Waals surface area contributed by atoms with Crippen molar-refractivity contribution in [3.05, 3.63) is 0 Å². The normalized spacial score (nSPS) is 28.9. The number of carbonyl (C=O) groups excluding carboxylic acids is 4. The SMILES string of the molecule is O=C1CN(C(=O)[C@@H]2CCCN2C(=O)[C@@H]2CCCN2)C(=O)CN1. The van der Waals surface area contributed by atoms with Crippen LogP contribution >= 0.6 is 0 Å². The van der Waals surface area contributed by atoms with E-state index in [-0.39, 0.29) is 30.9 Å². The van der Waals surface area contributed by atoms with Gasteiger partial charge in [-0.05, 0) is 32.2 Å². The number of nitrogens with zero attached hydrogens (tertiary/aromatic N) is 2. The van der Waals surface area contributed by atoms with Crippen molar-refractivity contribution < 1.29 is 19.2 Å². The minimum absolute atomic E-state index is 0.0674. The molecule has 8 heteroatoms. The largest absolute Gasteiger partial charge is 0.345 e. The first-order chi connectivity index (χ1) is 10.6. The van der Waals surface area contributed by atoms with Gasteiger partial charge in [-0.3, -0.25) is 24.1 Å². The summed E-state index contributed by atoms with van der Waals surface area (Å²) < 4.78 is 0. The van der Waals surface area contributed by atoms with E-state index in [4.69, 9.17) is 0 Å². The van der Waals surface area contributed by atoms with Crippen LogP contribution in [0.4, 0.5) is 0 Å². The Balaban J connectivity index is 1.71. The van der Waals surface area contributed by atoms with E-state index in [0.717, 1.165) is 30.7 Å². The van der Waals surface area contributed by atoms with E-state index in [1.54, 1.807) is 4.90 Å². The molecule has 2 N–H and O–H groups in total. The highest BCUT2D eigenvalue weighted by molar-refractivity contribution is 6.06. The highest BCUT2D eigenvalue weighted by Gasteiger charge is 2.42. The molecule has 0 aromatic rings. The summed E-state index contributed by atoms with van der Waals surface area (Å²) in [5.41, 5.74) is 0. The van der Waals surface area contributed by atoms with Crippen molar-refractivity contribution in [3.8, 4) is 0 Å². The van der Waals surface area contributed by atoms with Crippen molar-refractivity contribution in [2.75, 3.05) is 26.2 Å². The van der Waals surface area contributed by atoms with Crippen LogP contribution in [0.5, 0.6) is 0 Å². The third-order valence-electron chi connectivity index (χ3n) is 4.48. The van der Waals surface area contributed by atoms with Gasteiger partial charge in [-0.15, -0.1) is 0 Å². The molecule has 0 bridgehead atoms. The highest BCUT2D eigenvalue weighted by atomic mass is 16.2. The van der Waals surface area contributed by atoms with Crippen LogP contribution in [0.2, 0.25) is 0 Å². The second kappa shape index (κ2) is 6.04. The van der Waals surface area contributed by atoms with Crippen molar-refractivity contribution in [1.29, 1.82) is 0 Å². The Morgan fingerprint density at radius 2 is 1.91 bits per heavy atom. The minimum Gasteiger partial charge on any atom is -0.345 e. The standard InChI is InChI=1S/C14H20N4O4/c19-11-8-18(12(20)7-16-11)14(22)10-4-2-6-17(10)13(21)9-3-1-5-15-9/h9-10,15H,1-8H2,(H,16,19)/t9-,10-/m0/s1. The summed E-state index contributed by atoms with van der Waals surface area (Å²) >= 11 is 0. The fraction of sp³-hybridized carbons (Fsp3) is 0.714. The van der Waals surface area contributed by atoms with Crippen LogP contribution in [-0.2, 0) is 19.2 Å². The summed E-state index contributed by atoms with van der Waals surface area (Å²) in [6, 6.07) is -0.849. The Morgan fingerprint density at radius 1 is 1.09 bits per heavy atom. The van der Waals surface area contributed by atoms with Gasteiger partial charge in [0, 0.05) is 6.54 Å². The van der Waals surface area contributed by atoms with Gasteiger partial charge in [0.15, 0.2) is 0 Å². The monoisotopic (exact) mass is 308 g/mol. The van der Waals surface area contributed by atoms with Crippen molar-refractivity contribution >= 4 is 23.6 Å². The summed E-state index contributed by atoms with van der Waals surface area (Å²) in [4.78, 5) is 50.9. The lowest BCUT2D eigenvalue weighted by molar-refractivity contribution is -0.155. The molecule has 2 atom stereocenters. The molecule has 0 aromatic heterocycles. The number of rotatable bonds is 2. The number of imide groups is 1. The lowest BCUT2D eigenvalue weighted by Gasteiger charge is -2.32. The molecule has 3 heterocycles. The zero-order chi connectivity index (χ0) is 15.7. The van der Waals surface area contributed by atoms with Gasteiger partial charge in [0.2, 0.25) is 17.7 Å². The molecule has 3 fully saturated rings. The molecule has 3 aliphatic rings. The fourth-order valence-corrected chi connectivity index (χ4v) is 3.32. The third-order valence-corrected chi connectivity index (χ3v) is 4.48. The maximum atomic E-state index is 12.6. The molecular formula is C14H20N4O4. The Morgan fingerprint density at radius 3 is 2.64 bits per heavy atom. The molecule has 3 aliphatic heterocycles. The van der Waals surface area contributed by atoms with Gasteiger partial charge in [0.1, 0.15) is 12.6 Å². The predicted octanol–water partition coefficient (Wildman–Crippen LogP) is -1.79. The van der Waals surface area contributed by atoms with E-state index >= 15 is 0 Å². The van der Waals surface area contributed by atoms with Gasteiger partial charge >= 0.3 is 0 Å². The van der Waals surface area contributed by atoms with Gasteiger partial charge in [-0.25, -0.2) is 0 Å². The second-order valence-corrected chi connectivity index (χ2v) is 5.93. The number of piperazine rings is 1. The summed E-state index contributed by atoms with van der Waals surface area (Å²) in [6.45, 7) is 0.933. The molecular weight excluding hydrogens is 288 g/mol. The third kappa shape index (κ3) is 2.70. The summed E-state index contributed by atoms with van der Waals surface area (Å²) in [5.74, 6) is -1.25. The van der Waals surface area contributed by atoms with Crippen molar-refractivity contribution in [3.63, 3.8) is 0 Å². The van der Waals surface area contributed by atoms with Crippen LogP contribution in [0.25, 0.3) is 0 Å². The maximum Gasteiger partial charge on any atom is 0.252 e. The van der Waals surface area contributed by atoms with Crippen LogP contribution in [0.3, 0.4) is 0 Å². The predicted molar refractivity (Wildman–Crippen MR) is 75.5 cm³/mol. The summed E-state index contributed by atoms with van der Waals surface area (Å²) in [6.07, 6.45) is 3.01. The summed E-state index contributed by atoms with van der Waals surface area (Å²) in [7, 11) is 0. The zero-order valence-corrected chi connectivity index (χ0v) is 12.3. The van der Waals surface area contributed by atoms with Gasteiger partial charge in [-0.1, -0.05) is 0 Å². The number of nitrogens with one attached hydrogen (secondary N) is 2. The molecule has 0 saturated carbocycles.